The normalized spacial score (nSPS) is 12.5. The summed E-state index contributed by atoms with van der Waals surface area (Å²) in [6.45, 7) is 2.19. The van der Waals surface area contributed by atoms with E-state index in [0.29, 0.717) is 46.6 Å². The average Bonchev–Trinajstić information content (AvgIpc) is 2.72. The molecule has 0 unspecified atom stereocenters. The Kier molecular flexibility index (Phi) is 4.61. The van der Waals surface area contributed by atoms with E-state index in [1.807, 2.05) is 36.4 Å². The third-order valence-electron chi connectivity index (χ3n) is 4.48. The first-order chi connectivity index (χ1) is 13.6. The third kappa shape index (κ3) is 3.13. The molecule has 6 nitrogen and oxygen atoms in total. The molecule has 0 atom stereocenters. The van der Waals surface area contributed by atoms with Gasteiger partial charge >= 0.3 is 11.9 Å². The molecule has 0 fully saturated rings. The number of rotatable bonds is 3. The van der Waals surface area contributed by atoms with Crippen molar-refractivity contribution in [1.82, 2.24) is 0 Å². The van der Waals surface area contributed by atoms with Crippen molar-refractivity contribution in [2.75, 3.05) is 20.3 Å². The van der Waals surface area contributed by atoms with Gasteiger partial charge in [0.25, 0.3) is 0 Å². The molecule has 4 rings (SSSR count). The Hall–Kier alpha value is -3.54. The molecule has 0 spiro atoms. The lowest BCUT2D eigenvalue weighted by Crippen LogP contribution is -2.15. The molecule has 0 N–H and O–H groups in total. The SMILES string of the molecule is COC(=O)c1cc(OC(C)=O)c2cc3c(cc2c1-c1ccccc1)OCCO3. The van der Waals surface area contributed by atoms with Gasteiger partial charge < -0.3 is 18.9 Å². The minimum absolute atomic E-state index is 0.263. The highest BCUT2D eigenvalue weighted by molar-refractivity contribution is 6.11. The minimum Gasteiger partial charge on any atom is -0.486 e. The summed E-state index contributed by atoms with van der Waals surface area (Å²) in [7, 11) is 1.32. The third-order valence-corrected chi connectivity index (χ3v) is 4.48. The Morgan fingerprint density at radius 1 is 0.929 bits per heavy atom. The summed E-state index contributed by atoms with van der Waals surface area (Å²) >= 11 is 0. The van der Waals surface area contributed by atoms with Crippen LogP contribution < -0.4 is 14.2 Å². The van der Waals surface area contributed by atoms with Crippen LogP contribution in [0.4, 0.5) is 0 Å². The maximum Gasteiger partial charge on any atom is 0.338 e. The first-order valence-corrected chi connectivity index (χ1v) is 8.81. The monoisotopic (exact) mass is 378 g/mol. The lowest BCUT2D eigenvalue weighted by molar-refractivity contribution is -0.131. The zero-order chi connectivity index (χ0) is 19.7. The van der Waals surface area contributed by atoms with E-state index < -0.39 is 11.9 Å². The average molecular weight is 378 g/mol. The molecule has 6 heteroatoms. The van der Waals surface area contributed by atoms with E-state index in [1.54, 1.807) is 6.07 Å². The van der Waals surface area contributed by atoms with Crippen LogP contribution in [0.1, 0.15) is 17.3 Å². The number of carbonyl (C=O) groups is 2. The van der Waals surface area contributed by atoms with Crippen LogP contribution in [0, 0.1) is 0 Å². The van der Waals surface area contributed by atoms with Gasteiger partial charge in [-0.2, -0.15) is 0 Å². The maximum absolute atomic E-state index is 12.6. The Bertz CT molecular complexity index is 1070. The maximum atomic E-state index is 12.6. The quantitative estimate of drug-likeness (QED) is 0.507. The van der Waals surface area contributed by atoms with Crippen LogP contribution in [-0.4, -0.2) is 32.3 Å². The van der Waals surface area contributed by atoms with Crippen molar-refractivity contribution in [2.45, 2.75) is 6.92 Å². The van der Waals surface area contributed by atoms with Gasteiger partial charge in [0.05, 0.1) is 12.7 Å². The Balaban J connectivity index is 2.11. The molecule has 3 aromatic carbocycles. The lowest BCUT2D eigenvalue weighted by atomic mass is 9.92. The second kappa shape index (κ2) is 7.23. The van der Waals surface area contributed by atoms with E-state index in [4.69, 9.17) is 18.9 Å². The van der Waals surface area contributed by atoms with E-state index in [2.05, 4.69) is 0 Å². The lowest BCUT2D eigenvalue weighted by Gasteiger charge is -2.21. The van der Waals surface area contributed by atoms with Gasteiger partial charge in [-0.1, -0.05) is 30.3 Å². The number of benzene rings is 3. The van der Waals surface area contributed by atoms with E-state index in [9.17, 15) is 9.59 Å². The van der Waals surface area contributed by atoms with Gasteiger partial charge in [-0.3, -0.25) is 4.79 Å². The van der Waals surface area contributed by atoms with Crippen molar-refractivity contribution >= 4 is 22.7 Å². The molecule has 0 aromatic heterocycles. The van der Waals surface area contributed by atoms with Crippen LogP contribution in [-0.2, 0) is 9.53 Å². The summed E-state index contributed by atoms with van der Waals surface area (Å²) < 4.78 is 21.8. The van der Waals surface area contributed by atoms with Gasteiger partial charge in [-0.15, -0.1) is 0 Å². The summed E-state index contributed by atoms with van der Waals surface area (Å²) in [6.07, 6.45) is 0. The van der Waals surface area contributed by atoms with Crippen molar-refractivity contribution < 1.29 is 28.5 Å². The fraction of sp³-hybridized carbons (Fsp3) is 0.182. The van der Waals surface area contributed by atoms with Crippen molar-refractivity contribution in [2.24, 2.45) is 0 Å². The largest absolute Gasteiger partial charge is 0.486 e. The number of hydrogen-bond donors (Lipinski definition) is 0. The van der Waals surface area contributed by atoms with E-state index in [1.165, 1.54) is 20.1 Å². The highest BCUT2D eigenvalue weighted by Crippen LogP contribution is 2.44. The van der Waals surface area contributed by atoms with Crippen LogP contribution in [0.3, 0.4) is 0 Å². The molecule has 0 saturated heterocycles. The molecule has 0 radical (unpaired) electrons. The van der Waals surface area contributed by atoms with E-state index in [0.717, 1.165) is 5.56 Å². The molecular formula is C22H18O6. The molecule has 1 aliphatic rings. The van der Waals surface area contributed by atoms with Gasteiger partial charge in [0.2, 0.25) is 0 Å². The number of methoxy groups -OCH3 is 1. The van der Waals surface area contributed by atoms with Crippen LogP contribution >= 0.6 is 0 Å². The van der Waals surface area contributed by atoms with Crippen molar-refractivity contribution in [3.05, 3.63) is 54.1 Å². The Morgan fingerprint density at radius 3 is 2.18 bits per heavy atom. The standard InChI is InChI=1S/C22H18O6/c1-13(23)28-18-12-17(22(24)25-2)21(14-6-4-3-5-7-14)16-11-20-19(10-15(16)18)26-8-9-27-20/h3-7,10-12H,8-9H2,1-2H3. The Morgan fingerprint density at radius 2 is 1.57 bits per heavy atom. The van der Waals surface area contributed by atoms with E-state index in [-0.39, 0.29) is 5.75 Å². The molecule has 0 aliphatic carbocycles. The smallest absolute Gasteiger partial charge is 0.338 e. The first kappa shape index (κ1) is 17.9. The highest BCUT2D eigenvalue weighted by Gasteiger charge is 2.24. The van der Waals surface area contributed by atoms with E-state index >= 15 is 0 Å². The number of hydrogen-bond acceptors (Lipinski definition) is 6. The topological polar surface area (TPSA) is 71.1 Å². The van der Waals surface area contributed by atoms with Gasteiger partial charge in [0, 0.05) is 17.9 Å². The summed E-state index contributed by atoms with van der Waals surface area (Å²) in [5.74, 6) is 0.395. The van der Waals surface area contributed by atoms with Crippen molar-refractivity contribution in [1.29, 1.82) is 0 Å². The molecular weight excluding hydrogens is 360 g/mol. The van der Waals surface area contributed by atoms with Crippen LogP contribution in [0.15, 0.2) is 48.5 Å². The predicted octanol–water partition coefficient (Wildman–Crippen LogP) is 3.99. The second-order valence-electron chi connectivity index (χ2n) is 6.29. The highest BCUT2D eigenvalue weighted by atomic mass is 16.6. The summed E-state index contributed by atoms with van der Waals surface area (Å²) in [6, 6.07) is 14.6. The number of fused-ring (bicyclic) bond motifs is 2. The van der Waals surface area contributed by atoms with Crippen LogP contribution in [0.5, 0.6) is 17.2 Å². The molecule has 28 heavy (non-hydrogen) atoms. The predicted molar refractivity (Wildman–Crippen MR) is 103 cm³/mol. The molecule has 0 amide bonds. The molecule has 0 bridgehead atoms. The Labute approximate surface area is 161 Å². The fourth-order valence-electron chi connectivity index (χ4n) is 3.35. The summed E-state index contributed by atoms with van der Waals surface area (Å²) in [5, 5.41) is 1.35. The number of esters is 2. The zero-order valence-electron chi connectivity index (χ0n) is 15.5. The minimum atomic E-state index is -0.524. The molecule has 1 heterocycles. The molecule has 142 valence electrons. The van der Waals surface area contributed by atoms with Crippen molar-refractivity contribution in [3.8, 4) is 28.4 Å². The summed E-state index contributed by atoms with van der Waals surface area (Å²) in [4.78, 5) is 24.2. The van der Waals surface area contributed by atoms with Crippen LogP contribution in [0.2, 0.25) is 0 Å². The summed E-state index contributed by atoms with van der Waals surface area (Å²) in [5.41, 5.74) is 1.81. The van der Waals surface area contributed by atoms with Gasteiger partial charge in [-0.05, 0) is 29.1 Å². The second-order valence-corrected chi connectivity index (χ2v) is 6.29. The molecule has 0 saturated carbocycles. The van der Waals surface area contributed by atoms with Gasteiger partial charge in [0.15, 0.2) is 11.5 Å². The van der Waals surface area contributed by atoms with Crippen LogP contribution in [0.25, 0.3) is 21.9 Å². The van der Waals surface area contributed by atoms with Gasteiger partial charge in [-0.25, -0.2) is 4.79 Å². The fourth-order valence-corrected chi connectivity index (χ4v) is 3.35. The first-order valence-electron chi connectivity index (χ1n) is 8.81. The number of carbonyl (C=O) groups excluding carboxylic acids is 2. The molecule has 3 aromatic rings. The number of ether oxygens (including phenoxy) is 4. The van der Waals surface area contributed by atoms with Gasteiger partial charge in [0.1, 0.15) is 19.0 Å². The zero-order valence-corrected chi connectivity index (χ0v) is 15.5. The molecule has 1 aliphatic heterocycles. The van der Waals surface area contributed by atoms with Crippen molar-refractivity contribution in [3.63, 3.8) is 0 Å².